The van der Waals surface area contributed by atoms with E-state index in [9.17, 15) is 4.79 Å². The fourth-order valence-corrected chi connectivity index (χ4v) is 3.23. The second-order valence-electron chi connectivity index (χ2n) is 5.42. The summed E-state index contributed by atoms with van der Waals surface area (Å²) in [7, 11) is 0. The van der Waals surface area contributed by atoms with Crippen molar-refractivity contribution < 1.29 is 4.79 Å². The molecule has 2 rings (SSSR count). The number of halogens is 2. The van der Waals surface area contributed by atoms with Crippen LogP contribution in [0.25, 0.3) is 0 Å². The third-order valence-electron chi connectivity index (χ3n) is 3.31. The molecule has 1 aliphatic rings. The maximum absolute atomic E-state index is 12.1. The Labute approximate surface area is 127 Å². The monoisotopic (exact) mass is 344 g/mol. The molecule has 0 radical (unpaired) electrons. The van der Waals surface area contributed by atoms with Gasteiger partial charge in [-0.3, -0.25) is 4.79 Å². The molecular weight excluding hydrogens is 328 g/mol. The molecule has 1 heterocycles. The lowest BCUT2D eigenvalue weighted by Crippen LogP contribution is -2.35. The number of hydrogen-bond acceptors (Lipinski definition) is 2. The summed E-state index contributed by atoms with van der Waals surface area (Å²) in [5.41, 5.74) is 7.15. The van der Waals surface area contributed by atoms with Gasteiger partial charge in [0.05, 0.1) is 6.04 Å². The lowest BCUT2D eigenvalue weighted by atomic mass is 10.0. The minimum atomic E-state index is -0.180. The van der Waals surface area contributed by atoms with Gasteiger partial charge in [0.2, 0.25) is 5.91 Å². The molecular formula is C14H18BrClN2O. The van der Waals surface area contributed by atoms with Crippen molar-refractivity contribution in [2.24, 2.45) is 11.7 Å². The third-order valence-corrected chi connectivity index (χ3v) is 4.27. The first-order valence-electron chi connectivity index (χ1n) is 6.40. The Morgan fingerprint density at radius 1 is 1.53 bits per heavy atom. The largest absolute Gasteiger partial charge is 0.334 e. The topological polar surface area (TPSA) is 46.3 Å². The maximum Gasteiger partial charge on any atom is 0.224 e. The zero-order valence-electron chi connectivity index (χ0n) is 11.1. The molecule has 1 aliphatic heterocycles. The molecule has 1 aromatic carbocycles. The Kier molecular flexibility index (Phi) is 4.54. The van der Waals surface area contributed by atoms with Gasteiger partial charge in [0.1, 0.15) is 0 Å². The van der Waals surface area contributed by atoms with Gasteiger partial charge in [-0.15, -0.1) is 0 Å². The summed E-state index contributed by atoms with van der Waals surface area (Å²) in [5, 5.41) is 0.661. The molecule has 0 aliphatic carbocycles. The molecule has 2 atom stereocenters. The van der Waals surface area contributed by atoms with Crippen LogP contribution in [0.4, 0.5) is 0 Å². The first-order chi connectivity index (χ1) is 8.90. The van der Waals surface area contributed by atoms with Crippen molar-refractivity contribution in [2.75, 3.05) is 6.54 Å². The predicted molar refractivity (Wildman–Crippen MR) is 81.0 cm³/mol. The molecule has 0 spiro atoms. The fourth-order valence-electron chi connectivity index (χ4n) is 2.57. The highest BCUT2D eigenvalue weighted by molar-refractivity contribution is 9.10. The molecule has 104 valence electrons. The van der Waals surface area contributed by atoms with Gasteiger partial charge in [-0.1, -0.05) is 41.4 Å². The second kappa shape index (κ2) is 5.81. The van der Waals surface area contributed by atoms with Gasteiger partial charge in [-0.05, 0) is 29.7 Å². The number of carbonyl (C=O) groups excluding carboxylic acids is 1. The Balaban J connectivity index is 2.39. The van der Waals surface area contributed by atoms with E-state index in [2.05, 4.69) is 29.8 Å². The number of benzene rings is 1. The molecule has 0 saturated carbocycles. The van der Waals surface area contributed by atoms with Crippen LogP contribution in [0.5, 0.6) is 0 Å². The lowest BCUT2D eigenvalue weighted by molar-refractivity contribution is -0.129. The smallest absolute Gasteiger partial charge is 0.224 e. The molecule has 2 unspecified atom stereocenters. The molecule has 5 heteroatoms. The normalized spacial score (nSPS) is 23.5. The molecule has 1 fully saturated rings. The van der Waals surface area contributed by atoms with E-state index in [4.69, 9.17) is 17.3 Å². The van der Waals surface area contributed by atoms with E-state index in [1.54, 1.807) is 0 Å². The second-order valence-corrected chi connectivity index (χ2v) is 6.71. The van der Waals surface area contributed by atoms with Crippen molar-refractivity contribution >= 4 is 33.4 Å². The Hall–Kier alpha value is -0.580. The number of carbonyl (C=O) groups is 1. The van der Waals surface area contributed by atoms with Crippen LogP contribution in [0.3, 0.4) is 0 Å². The van der Waals surface area contributed by atoms with E-state index in [0.717, 1.165) is 16.6 Å². The SMILES string of the molecule is CC(C)CN1C(=O)CC(N)C1c1cc(Cl)ccc1Br. The average molecular weight is 346 g/mol. The van der Waals surface area contributed by atoms with Gasteiger partial charge < -0.3 is 10.6 Å². The number of nitrogens with zero attached hydrogens (tertiary/aromatic N) is 1. The van der Waals surface area contributed by atoms with Crippen molar-refractivity contribution in [3.63, 3.8) is 0 Å². The van der Waals surface area contributed by atoms with Crippen molar-refractivity contribution in [1.29, 1.82) is 0 Å². The van der Waals surface area contributed by atoms with Gasteiger partial charge in [-0.25, -0.2) is 0 Å². The standard InChI is InChI=1S/C14H18BrClN2O/c1-8(2)7-18-13(19)6-12(17)14(18)10-5-9(16)3-4-11(10)15/h3-5,8,12,14H,6-7,17H2,1-2H3. The summed E-state index contributed by atoms with van der Waals surface area (Å²) >= 11 is 9.60. The molecule has 3 nitrogen and oxygen atoms in total. The minimum absolute atomic E-state index is 0.0945. The summed E-state index contributed by atoms with van der Waals surface area (Å²) in [5.74, 6) is 0.535. The number of nitrogens with two attached hydrogens (primary N) is 1. The van der Waals surface area contributed by atoms with Crippen LogP contribution in [-0.2, 0) is 4.79 Å². The van der Waals surface area contributed by atoms with E-state index >= 15 is 0 Å². The highest BCUT2D eigenvalue weighted by Crippen LogP contribution is 2.37. The minimum Gasteiger partial charge on any atom is -0.334 e. The summed E-state index contributed by atoms with van der Waals surface area (Å²) in [4.78, 5) is 14.0. The number of likely N-dealkylation sites (tertiary alicyclic amines) is 1. The summed E-state index contributed by atoms with van der Waals surface area (Å²) < 4.78 is 0.945. The zero-order valence-corrected chi connectivity index (χ0v) is 13.4. The van der Waals surface area contributed by atoms with Gasteiger partial charge in [0.15, 0.2) is 0 Å². The van der Waals surface area contributed by atoms with Crippen LogP contribution < -0.4 is 5.73 Å². The van der Waals surface area contributed by atoms with Crippen molar-refractivity contribution in [3.8, 4) is 0 Å². The highest BCUT2D eigenvalue weighted by Gasteiger charge is 2.39. The average Bonchev–Trinajstić information content (AvgIpc) is 2.57. The van der Waals surface area contributed by atoms with Crippen LogP contribution in [0.1, 0.15) is 31.9 Å². The van der Waals surface area contributed by atoms with Crippen molar-refractivity contribution in [1.82, 2.24) is 4.90 Å². The Morgan fingerprint density at radius 3 is 2.84 bits per heavy atom. The molecule has 1 amide bonds. The van der Waals surface area contributed by atoms with Gasteiger partial charge in [0.25, 0.3) is 0 Å². The number of rotatable bonds is 3. The quantitative estimate of drug-likeness (QED) is 0.913. The first kappa shape index (κ1) is 14.8. The van der Waals surface area contributed by atoms with Crippen LogP contribution in [-0.4, -0.2) is 23.4 Å². The van der Waals surface area contributed by atoms with E-state index in [1.165, 1.54) is 0 Å². The maximum atomic E-state index is 12.1. The van der Waals surface area contributed by atoms with E-state index in [-0.39, 0.29) is 18.0 Å². The number of hydrogen-bond donors (Lipinski definition) is 1. The van der Waals surface area contributed by atoms with Crippen molar-refractivity contribution in [2.45, 2.75) is 32.4 Å². The molecule has 19 heavy (non-hydrogen) atoms. The highest BCUT2D eigenvalue weighted by atomic mass is 79.9. The third kappa shape index (κ3) is 3.12. The molecule has 1 aromatic rings. The molecule has 2 N–H and O–H groups in total. The van der Waals surface area contributed by atoms with Gasteiger partial charge in [-0.2, -0.15) is 0 Å². The fraction of sp³-hybridized carbons (Fsp3) is 0.500. The van der Waals surface area contributed by atoms with Gasteiger partial charge >= 0.3 is 0 Å². The van der Waals surface area contributed by atoms with Crippen LogP contribution in [0.2, 0.25) is 5.02 Å². The predicted octanol–water partition coefficient (Wildman–Crippen LogP) is 3.36. The van der Waals surface area contributed by atoms with Crippen molar-refractivity contribution in [3.05, 3.63) is 33.3 Å². The molecule has 0 bridgehead atoms. The van der Waals surface area contributed by atoms with E-state index < -0.39 is 0 Å². The van der Waals surface area contributed by atoms with Crippen LogP contribution in [0.15, 0.2) is 22.7 Å². The lowest BCUT2D eigenvalue weighted by Gasteiger charge is -2.29. The summed E-state index contributed by atoms with van der Waals surface area (Å²) in [6, 6.07) is 5.34. The molecule has 1 saturated heterocycles. The summed E-state index contributed by atoms with van der Waals surface area (Å²) in [6.45, 7) is 4.92. The Morgan fingerprint density at radius 2 is 2.21 bits per heavy atom. The van der Waals surface area contributed by atoms with Crippen LogP contribution in [0, 0.1) is 5.92 Å². The molecule has 0 aromatic heterocycles. The van der Waals surface area contributed by atoms with E-state index in [1.807, 2.05) is 23.1 Å². The number of amides is 1. The zero-order chi connectivity index (χ0) is 14.2. The summed E-state index contributed by atoms with van der Waals surface area (Å²) in [6.07, 6.45) is 0.399. The first-order valence-corrected chi connectivity index (χ1v) is 7.57. The van der Waals surface area contributed by atoms with E-state index in [0.29, 0.717) is 17.4 Å². The van der Waals surface area contributed by atoms with Gasteiger partial charge in [0, 0.05) is 28.5 Å². The van der Waals surface area contributed by atoms with Crippen LogP contribution >= 0.6 is 27.5 Å². The Bertz CT molecular complexity index is 492.